The van der Waals surface area contributed by atoms with E-state index in [-0.39, 0.29) is 0 Å². The molecule has 2 amide bonds. The van der Waals surface area contributed by atoms with Crippen molar-refractivity contribution >= 4 is 17.9 Å². The van der Waals surface area contributed by atoms with Crippen LogP contribution in [-0.2, 0) is 9.59 Å². The summed E-state index contributed by atoms with van der Waals surface area (Å²) in [5, 5.41) is 0. The molecule has 80 valence electrons. The summed E-state index contributed by atoms with van der Waals surface area (Å²) < 4.78 is 0.306. The van der Waals surface area contributed by atoms with Crippen LogP contribution in [0.4, 0.5) is 0 Å². The van der Waals surface area contributed by atoms with Gasteiger partial charge in [-0.15, -0.1) is 0 Å². The van der Waals surface area contributed by atoms with Crippen molar-refractivity contribution in [2.45, 2.75) is 0 Å². The minimum Gasteiger partial charge on any atom is -0.212 e. The molecule has 0 aliphatic carbocycles. The van der Waals surface area contributed by atoms with Gasteiger partial charge in [0.05, 0.1) is 12.2 Å². The summed E-state index contributed by atoms with van der Waals surface area (Å²) >= 11 is 0. The van der Waals surface area contributed by atoms with Gasteiger partial charge in [-0.25, -0.2) is 9.59 Å². The quantitative estimate of drug-likeness (QED) is 0.575. The maximum absolute atomic E-state index is 10.2. The largest absolute Gasteiger partial charge is 0.445 e. The highest BCUT2D eigenvalue weighted by Gasteiger charge is 2.29. The molecule has 4 nitrogen and oxygen atoms in total. The number of carbonyl (C=O) groups is 2. The standard InChI is InChI=1S/C8H8.C4H3N2O2/c1-2-8-6-4-3-5-7-8;5-6-3(7)1-2-4(6)8/h2-7H,1H2;1-2,5H/q;+1. The Hall–Kier alpha value is -2.36. The predicted molar refractivity (Wildman–Crippen MR) is 58.7 cm³/mol. The second kappa shape index (κ2) is 5.50. The average Bonchev–Trinajstić information content (AvgIpc) is 2.62. The van der Waals surface area contributed by atoms with Gasteiger partial charge in [-0.3, -0.25) is 0 Å². The first kappa shape index (κ1) is 11.7. The Morgan fingerprint density at radius 1 is 1.06 bits per heavy atom. The van der Waals surface area contributed by atoms with Gasteiger partial charge in [0.2, 0.25) is 0 Å². The average molecular weight is 215 g/mol. The van der Waals surface area contributed by atoms with Crippen LogP contribution in [0.3, 0.4) is 0 Å². The molecule has 0 bridgehead atoms. The molecule has 0 saturated carbocycles. The lowest BCUT2D eigenvalue weighted by Gasteiger charge is -1.85. The summed E-state index contributed by atoms with van der Waals surface area (Å²) in [6.45, 7) is 3.63. The van der Waals surface area contributed by atoms with E-state index >= 15 is 0 Å². The van der Waals surface area contributed by atoms with Gasteiger partial charge in [-0.2, -0.15) is 0 Å². The molecule has 0 atom stereocenters. The van der Waals surface area contributed by atoms with E-state index in [1.165, 1.54) is 5.56 Å². The molecule has 1 aromatic carbocycles. The van der Waals surface area contributed by atoms with Gasteiger partial charge >= 0.3 is 11.8 Å². The molecule has 16 heavy (non-hydrogen) atoms. The van der Waals surface area contributed by atoms with Gasteiger partial charge in [0, 0.05) is 4.70 Å². The summed E-state index contributed by atoms with van der Waals surface area (Å²) in [6.07, 6.45) is 3.96. The molecule has 0 fully saturated rings. The second-order valence-electron chi connectivity index (χ2n) is 2.96. The van der Waals surface area contributed by atoms with Gasteiger partial charge in [0.1, 0.15) is 0 Å². The molecule has 0 saturated heterocycles. The minimum absolute atomic E-state index is 0.306. The van der Waals surface area contributed by atoms with Crippen molar-refractivity contribution in [1.29, 1.82) is 5.53 Å². The van der Waals surface area contributed by atoms with E-state index in [2.05, 4.69) is 6.58 Å². The number of benzene rings is 1. The highest BCUT2D eigenvalue weighted by atomic mass is 16.2. The van der Waals surface area contributed by atoms with Crippen LogP contribution < -0.4 is 0 Å². The number of carbonyl (C=O) groups excluding carboxylic acids is 2. The van der Waals surface area contributed by atoms with Gasteiger partial charge in [0.25, 0.3) is 0 Å². The fourth-order valence-corrected chi connectivity index (χ4v) is 0.989. The molecule has 1 N–H and O–H groups in total. The molecule has 0 spiro atoms. The Morgan fingerprint density at radius 2 is 1.56 bits per heavy atom. The fraction of sp³-hybridized carbons (Fsp3) is 0. The van der Waals surface area contributed by atoms with Crippen molar-refractivity contribution in [3.8, 4) is 0 Å². The van der Waals surface area contributed by atoms with Crippen LogP contribution in [0.5, 0.6) is 0 Å². The van der Waals surface area contributed by atoms with Crippen molar-refractivity contribution in [3.63, 3.8) is 0 Å². The van der Waals surface area contributed by atoms with Gasteiger partial charge in [0.15, 0.2) is 0 Å². The number of hydrogen-bond donors (Lipinski definition) is 1. The van der Waals surface area contributed by atoms with E-state index in [1.807, 2.05) is 36.4 Å². The minimum atomic E-state index is -0.574. The van der Waals surface area contributed by atoms with Crippen LogP contribution in [0.1, 0.15) is 5.56 Å². The van der Waals surface area contributed by atoms with Crippen molar-refractivity contribution in [1.82, 2.24) is 0 Å². The molecular weight excluding hydrogens is 204 g/mol. The molecular formula is C12H11N2O2+. The Morgan fingerprint density at radius 3 is 1.81 bits per heavy atom. The van der Waals surface area contributed by atoms with Crippen LogP contribution >= 0.6 is 0 Å². The molecule has 1 aliphatic heterocycles. The van der Waals surface area contributed by atoms with Crippen molar-refractivity contribution in [2.24, 2.45) is 0 Å². The van der Waals surface area contributed by atoms with Crippen molar-refractivity contribution in [3.05, 3.63) is 54.6 Å². The van der Waals surface area contributed by atoms with Crippen LogP contribution in [-0.4, -0.2) is 16.5 Å². The number of amides is 2. The molecule has 1 heterocycles. The van der Waals surface area contributed by atoms with E-state index in [9.17, 15) is 9.59 Å². The van der Waals surface area contributed by atoms with E-state index < -0.39 is 11.8 Å². The van der Waals surface area contributed by atoms with E-state index in [4.69, 9.17) is 5.53 Å². The zero-order valence-electron chi connectivity index (χ0n) is 8.59. The molecule has 4 heteroatoms. The number of nitrogens with zero attached hydrogens (tertiary/aromatic N) is 1. The molecule has 2 rings (SSSR count). The lowest BCUT2D eigenvalue weighted by molar-refractivity contribution is -0.449. The topological polar surface area (TPSA) is 61.0 Å². The lowest BCUT2D eigenvalue weighted by atomic mass is 10.2. The van der Waals surface area contributed by atoms with E-state index in [0.717, 1.165) is 12.2 Å². The van der Waals surface area contributed by atoms with Gasteiger partial charge < -0.3 is 0 Å². The summed E-state index contributed by atoms with van der Waals surface area (Å²) in [7, 11) is 0. The maximum atomic E-state index is 10.2. The molecule has 1 aromatic rings. The van der Waals surface area contributed by atoms with Gasteiger partial charge in [-0.1, -0.05) is 43.0 Å². The highest BCUT2D eigenvalue weighted by Crippen LogP contribution is 1.97. The third-order valence-electron chi connectivity index (χ3n) is 1.84. The maximum Gasteiger partial charge on any atom is 0.445 e. The Balaban J connectivity index is 0.000000160. The lowest BCUT2D eigenvalue weighted by Crippen LogP contribution is -2.14. The zero-order chi connectivity index (χ0) is 12.0. The van der Waals surface area contributed by atoms with Crippen LogP contribution in [0, 0.1) is 5.53 Å². The summed E-state index contributed by atoms with van der Waals surface area (Å²) in [5.41, 5.74) is 7.79. The van der Waals surface area contributed by atoms with Crippen LogP contribution in [0.2, 0.25) is 0 Å². The summed E-state index contributed by atoms with van der Waals surface area (Å²) in [4.78, 5) is 20.4. The molecule has 0 unspecified atom stereocenters. The smallest absolute Gasteiger partial charge is 0.212 e. The molecule has 1 aliphatic rings. The Labute approximate surface area is 93.0 Å². The van der Waals surface area contributed by atoms with E-state index in [1.54, 1.807) is 0 Å². The predicted octanol–water partition coefficient (Wildman–Crippen LogP) is 1.98. The first-order valence-electron chi connectivity index (χ1n) is 4.60. The van der Waals surface area contributed by atoms with Gasteiger partial charge in [-0.05, 0) is 11.1 Å². The van der Waals surface area contributed by atoms with Crippen molar-refractivity contribution in [2.75, 3.05) is 0 Å². The molecule has 0 aromatic heterocycles. The van der Waals surface area contributed by atoms with E-state index in [0.29, 0.717) is 4.70 Å². The molecule has 0 radical (unpaired) electrons. The van der Waals surface area contributed by atoms with Crippen LogP contribution in [0.15, 0.2) is 49.1 Å². The first-order chi connectivity index (χ1) is 7.65. The number of nitrogens with one attached hydrogen (secondary N) is 1. The monoisotopic (exact) mass is 215 g/mol. The SMILES string of the molecule is C=Cc1ccccc1.N=[N+]1C(=O)C=CC1=O. The Kier molecular flexibility index (Phi) is 4.03. The zero-order valence-corrected chi connectivity index (χ0v) is 8.59. The van der Waals surface area contributed by atoms with Crippen LogP contribution in [0.25, 0.3) is 6.08 Å². The fourth-order valence-electron chi connectivity index (χ4n) is 0.989. The third kappa shape index (κ3) is 3.09. The highest BCUT2D eigenvalue weighted by molar-refractivity contribution is 6.01. The number of imide groups is 1. The van der Waals surface area contributed by atoms with Crippen molar-refractivity contribution < 1.29 is 14.3 Å². The number of hydrogen-bond acceptors (Lipinski definition) is 3. The summed E-state index contributed by atoms with van der Waals surface area (Å²) in [6, 6.07) is 10.0. The Bertz CT molecular complexity index is 441. The number of rotatable bonds is 1. The summed E-state index contributed by atoms with van der Waals surface area (Å²) in [5.74, 6) is -1.15. The normalized spacial score (nSPS) is 13.4. The third-order valence-corrected chi connectivity index (χ3v) is 1.84. The second-order valence-corrected chi connectivity index (χ2v) is 2.96. The first-order valence-corrected chi connectivity index (χ1v) is 4.60.